The summed E-state index contributed by atoms with van der Waals surface area (Å²) in [5.74, 6) is 0.732. The minimum atomic E-state index is -0.189. The summed E-state index contributed by atoms with van der Waals surface area (Å²) in [6.45, 7) is 2.43. The zero-order valence-electron chi connectivity index (χ0n) is 10.8. The summed E-state index contributed by atoms with van der Waals surface area (Å²) in [5.41, 5.74) is 1.98. The Hall–Kier alpha value is -2.76. The second-order valence-electron chi connectivity index (χ2n) is 4.24. The van der Waals surface area contributed by atoms with Crippen LogP contribution in [0, 0.1) is 0 Å². The van der Waals surface area contributed by atoms with E-state index >= 15 is 0 Å². The molecule has 0 aliphatic rings. The van der Waals surface area contributed by atoms with Crippen LogP contribution in [-0.2, 0) is 0 Å². The van der Waals surface area contributed by atoms with Crippen LogP contribution < -0.4 is 4.74 Å². The highest BCUT2D eigenvalue weighted by molar-refractivity contribution is 5.76. The SMILES string of the molecule is CCOc1ccc2[nH]c(-c3ccc(O)c(O)c3)nc2n1. The van der Waals surface area contributed by atoms with Crippen LogP contribution in [0.1, 0.15) is 6.92 Å². The molecule has 0 amide bonds. The third kappa shape index (κ3) is 2.11. The van der Waals surface area contributed by atoms with Crippen molar-refractivity contribution in [1.82, 2.24) is 15.0 Å². The average molecular weight is 271 g/mol. The van der Waals surface area contributed by atoms with Crippen molar-refractivity contribution in [3.05, 3.63) is 30.3 Å². The molecule has 0 saturated heterocycles. The van der Waals surface area contributed by atoms with Gasteiger partial charge in [-0.1, -0.05) is 0 Å². The largest absolute Gasteiger partial charge is 0.504 e. The van der Waals surface area contributed by atoms with Gasteiger partial charge < -0.3 is 19.9 Å². The van der Waals surface area contributed by atoms with Gasteiger partial charge in [0.1, 0.15) is 5.82 Å². The van der Waals surface area contributed by atoms with Crippen LogP contribution >= 0.6 is 0 Å². The maximum atomic E-state index is 9.52. The van der Waals surface area contributed by atoms with Gasteiger partial charge in [-0.15, -0.1) is 0 Å². The first-order valence-corrected chi connectivity index (χ1v) is 6.19. The summed E-state index contributed by atoms with van der Waals surface area (Å²) in [5, 5.41) is 18.8. The molecule has 0 bridgehead atoms. The number of pyridine rings is 1. The lowest BCUT2D eigenvalue weighted by Gasteiger charge is -1.99. The van der Waals surface area contributed by atoms with Crippen molar-refractivity contribution in [3.63, 3.8) is 0 Å². The first-order valence-electron chi connectivity index (χ1n) is 6.19. The lowest BCUT2D eigenvalue weighted by molar-refractivity contribution is 0.328. The summed E-state index contributed by atoms with van der Waals surface area (Å²) >= 11 is 0. The molecule has 6 nitrogen and oxygen atoms in total. The van der Waals surface area contributed by atoms with Crippen molar-refractivity contribution in [1.29, 1.82) is 0 Å². The number of aromatic nitrogens is 3. The molecular formula is C14H13N3O3. The van der Waals surface area contributed by atoms with E-state index in [2.05, 4.69) is 15.0 Å². The number of aromatic amines is 1. The number of rotatable bonds is 3. The number of H-pyrrole nitrogens is 1. The number of phenols is 2. The number of benzene rings is 1. The van der Waals surface area contributed by atoms with Crippen molar-refractivity contribution in [2.24, 2.45) is 0 Å². The van der Waals surface area contributed by atoms with E-state index in [9.17, 15) is 10.2 Å². The number of imidazole rings is 1. The molecule has 0 aliphatic heterocycles. The smallest absolute Gasteiger partial charge is 0.215 e. The summed E-state index contributed by atoms with van der Waals surface area (Å²) in [6.07, 6.45) is 0. The molecule has 102 valence electrons. The minimum absolute atomic E-state index is 0.165. The maximum absolute atomic E-state index is 9.52. The quantitative estimate of drug-likeness (QED) is 0.636. The maximum Gasteiger partial charge on any atom is 0.215 e. The molecule has 0 aliphatic carbocycles. The van der Waals surface area contributed by atoms with Crippen molar-refractivity contribution in [3.8, 4) is 28.8 Å². The molecule has 3 aromatic rings. The Kier molecular flexibility index (Phi) is 2.90. The van der Waals surface area contributed by atoms with E-state index < -0.39 is 0 Å². The lowest BCUT2D eigenvalue weighted by Crippen LogP contribution is -1.93. The van der Waals surface area contributed by atoms with Crippen molar-refractivity contribution in [2.75, 3.05) is 6.61 Å². The van der Waals surface area contributed by atoms with Gasteiger partial charge in [-0.3, -0.25) is 0 Å². The predicted molar refractivity (Wildman–Crippen MR) is 73.8 cm³/mol. The Balaban J connectivity index is 2.05. The van der Waals surface area contributed by atoms with Crippen LogP contribution in [0.3, 0.4) is 0 Å². The van der Waals surface area contributed by atoms with Gasteiger partial charge in [0.05, 0.1) is 12.1 Å². The Morgan fingerprint density at radius 1 is 1.10 bits per heavy atom. The number of hydrogen-bond acceptors (Lipinski definition) is 5. The van der Waals surface area contributed by atoms with Crippen LogP contribution in [0.25, 0.3) is 22.6 Å². The summed E-state index contributed by atoms with van der Waals surface area (Å²) in [7, 11) is 0. The van der Waals surface area contributed by atoms with E-state index in [1.165, 1.54) is 12.1 Å². The van der Waals surface area contributed by atoms with Crippen LogP contribution in [0.5, 0.6) is 17.4 Å². The van der Waals surface area contributed by atoms with E-state index in [0.29, 0.717) is 29.5 Å². The zero-order chi connectivity index (χ0) is 14.1. The molecule has 0 saturated carbocycles. The molecule has 0 atom stereocenters. The van der Waals surface area contributed by atoms with E-state index in [4.69, 9.17) is 4.74 Å². The molecule has 20 heavy (non-hydrogen) atoms. The Labute approximate surface area is 114 Å². The van der Waals surface area contributed by atoms with Gasteiger partial charge in [-0.05, 0) is 31.2 Å². The fraction of sp³-hybridized carbons (Fsp3) is 0.143. The van der Waals surface area contributed by atoms with E-state index in [0.717, 1.165) is 5.52 Å². The fourth-order valence-corrected chi connectivity index (χ4v) is 1.91. The van der Waals surface area contributed by atoms with Gasteiger partial charge in [-0.25, -0.2) is 4.98 Å². The Morgan fingerprint density at radius 3 is 2.70 bits per heavy atom. The molecule has 1 aromatic carbocycles. The second kappa shape index (κ2) is 4.73. The molecule has 0 spiro atoms. The summed E-state index contributed by atoms with van der Waals surface area (Å²) in [6, 6.07) is 8.12. The lowest BCUT2D eigenvalue weighted by atomic mass is 10.2. The molecule has 3 N–H and O–H groups in total. The molecule has 6 heteroatoms. The average Bonchev–Trinajstić information content (AvgIpc) is 2.85. The van der Waals surface area contributed by atoms with Gasteiger partial charge in [0.2, 0.25) is 5.88 Å². The third-order valence-corrected chi connectivity index (χ3v) is 2.86. The summed E-state index contributed by atoms with van der Waals surface area (Å²) in [4.78, 5) is 11.7. The van der Waals surface area contributed by atoms with Crippen molar-refractivity contribution in [2.45, 2.75) is 6.92 Å². The topological polar surface area (TPSA) is 91.3 Å². The van der Waals surface area contributed by atoms with Crippen LogP contribution in [0.2, 0.25) is 0 Å². The molecule has 0 fully saturated rings. The van der Waals surface area contributed by atoms with Crippen molar-refractivity contribution >= 4 is 11.2 Å². The number of aromatic hydroxyl groups is 2. The molecule has 0 unspecified atom stereocenters. The number of ether oxygens (including phenoxy) is 1. The van der Waals surface area contributed by atoms with Gasteiger partial charge in [0.25, 0.3) is 0 Å². The molecule has 3 rings (SSSR count). The standard InChI is InChI=1S/C14H13N3O3/c1-2-20-12-6-4-9-14(16-12)17-13(15-9)8-3-5-10(18)11(19)7-8/h3-7,18-19H,2H2,1H3,(H,15,16,17). The van der Waals surface area contributed by atoms with Gasteiger partial charge >= 0.3 is 0 Å². The van der Waals surface area contributed by atoms with Crippen molar-refractivity contribution < 1.29 is 14.9 Å². The number of nitrogens with one attached hydrogen (secondary N) is 1. The highest BCUT2D eigenvalue weighted by Crippen LogP contribution is 2.30. The number of hydrogen-bond donors (Lipinski definition) is 3. The van der Waals surface area contributed by atoms with E-state index in [1.54, 1.807) is 12.1 Å². The monoisotopic (exact) mass is 271 g/mol. The number of nitrogens with zero attached hydrogens (tertiary/aromatic N) is 2. The van der Waals surface area contributed by atoms with Crippen LogP contribution in [0.4, 0.5) is 0 Å². The van der Waals surface area contributed by atoms with Crippen LogP contribution in [0.15, 0.2) is 30.3 Å². The van der Waals surface area contributed by atoms with E-state index in [1.807, 2.05) is 13.0 Å². The highest BCUT2D eigenvalue weighted by Gasteiger charge is 2.09. The van der Waals surface area contributed by atoms with E-state index in [-0.39, 0.29) is 11.5 Å². The third-order valence-electron chi connectivity index (χ3n) is 2.86. The van der Waals surface area contributed by atoms with Gasteiger partial charge in [0.15, 0.2) is 17.1 Å². The van der Waals surface area contributed by atoms with Gasteiger partial charge in [-0.2, -0.15) is 4.98 Å². The number of phenolic OH excluding ortho intramolecular Hbond substituents is 2. The normalized spacial score (nSPS) is 10.8. The number of fused-ring (bicyclic) bond motifs is 1. The summed E-state index contributed by atoms with van der Waals surface area (Å²) < 4.78 is 5.33. The zero-order valence-corrected chi connectivity index (χ0v) is 10.8. The molecule has 0 radical (unpaired) electrons. The Morgan fingerprint density at radius 2 is 1.95 bits per heavy atom. The minimum Gasteiger partial charge on any atom is -0.504 e. The predicted octanol–water partition coefficient (Wildman–Crippen LogP) is 2.43. The fourth-order valence-electron chi connectivity index (χ4n) is 1.91. The second-order valence-corrected chi connectivity index (χ2v) is 4.24. The van der Waals surface area contributed by atoms with Gasteiger partial charge in [0, 0.05) is 11.6 Å². The molecule has 2 aromatic heterocycles. The van der Waals surface area contributed by atoms with Crippen LogP contribution in [-0.4, -0.2) is 31.8 Å². The first-order chi connectivity index (χ1) is 9.67. The first kappa shape index (κ1) is 12.3. The molecular weight excluding hydrogens is 258 g/mol. The Bertz CT molecular complexity index is 767. The highest BCUT2D eigenvalue weighted by atomic mass is 16.5. The molecule has 2 heterocycles.